The number of rotatable bonds is 5. The molecule has 166 valence electrons. The van der Waals surface area contributed by atoms with Crippen LogP contribution in [-0.4, -0.2) is 26.5 Å². The number of aromatic nitrogens is 3. The van der Waals surface area contributed by atoms with Gasteiger partial charge in [0.1, 0.15) is 18.1 Å². The third-order valence-electron chi connectivity index (χ3n) is 4.80. The summed E-state index contributed by atoms with van der Waals surface area (Å²) in [5.74, 6) is -1.54. The second kappa shape index (κ2) is 9.09. The normalized spacial score (nSPS) is 10.7. The molecule has 0 aliphatic rings. The molecule has 2 aromatic carbocycles. The molecule has 0 bridgehead atoms. The van der Waals surface area contributed by atoms with E-state index in [0.717, 1.165) is 10.1 Å². The van der Waals surface area contributed by atoms with Crippen LogP contribution in [-0.2, 0) is 11.3 Å². The number of carbonyl (C=O) groups excluding carboxylic acids is 2. The van der Waals surface area contributed by atoms with Gasteiger partial charge in [-0.15, -0.1) is 0 Å². The van der Waals surface area contributed by atoms with Crippen LogP contribution < -0.4 is 11.5 Å². The van der Waals surface area contributed by atoms with Crippen LogP contribution in [0, 0.1) is 5.82 Å². The lowest BCUT2D eigenvalue weighted by atomic mass is 10.0. The van der Waals surface area contributed by atoms with Crippen LogP contribution in [0.1, 0.15) is 16.1 Å². The van der Waals surface area contributed by atoms with E-state index in [0.29, 0.717) is 0 Å². The summed E-state index contributed by atoms with van der Waals surface area (Å²) in [6.07, 6.45) is 2.64. The number of ether oxygens (including phenoxy) is 1. The second-order valence-corrected chi connectivity index (χ2v) is 7.38. The molecule has 0 aliphatic heterocycles. The van der Waals surface area contributed by atoms with Gasteiger partial charge in [-0.25, -0.2) is 23.9 Å². The van der Waals surface area contributed by atoms with E-state index >= 15 is 0 Å². The fourth-order valence-corrected chi connectivity index (χ4v) is 3.43. The average molecular weight is 466 g/mol. The molecule has 4 rings (SSSR count). The van der Waals surface area contributed by atoms with E-state index in [9.17, 15) is 14.0 Å². The third kappa shape index (κ3) is 4.53. The van der Waals surface area contributed by atoms with Crippen LogP contribution in [0.15, 0.2) is 67.0 Å². The monoisotopic (exact) mass is 465 g/mol. The van der Waals surface area contributed by atoms with Crippen molar-refractivity contribution in [3.05, 3.63) is 89.1 Å². The summed E-state index contributed by atoms with van der Waals surface area (Å²) >= 11 is 5.92. The molecule has 1 amide bonds. The summed E-state index contributed by atoms with van der Waals surface area (Å²) in [7, 11) is 0. The maximum atomic E-state index is 14.7. The van der Waals surface area contributed by atoms with Gasteiger partial charge >= 0.3 is 12.0 Å². The Labute approximate surface area is 192 Å². The summed E-state index contributed by atoms with van der Waals surface area (Å²) in [5.41, 5.74) is 12.7. The van der Waals surface area contributed by atoms with E-state index in [1.54, 1.807) is 18.2 Å². The van der Waals surface area contributed by atoms with E-state index in [4.69, 9.17) is 27.8 Å². The highest BCUT2D eigenvalue weighted by Crippen LogP contribution is 2.35. The van der Waals surface area contributed by atoms with E-state index in [1.165, 1.54) is 30.6 Å². The van der Waals surface area contributed by atoms with E-state index in [2.05, 4.69) is 9.97 Å². The summed E-state index contributed by atoms with van der Waals surface area (Å²) in [6, 6.07) is 14.0. The number of nitrogens with zero attached hydrogens (tertiary/aromatic N) is 3. The first-order chi connectivity index (χ1) is 15.8. The average Bonchev–Trinajstić information content (AvgIpc) is 3.26. The number of amides is 1. The first-order valence-electron chi connectivity index (χ1n) is 9.65. The maximum absolute atomic E-state index is 14.7. The van der Waals surface area contributed by atoms with Crippen LogP contribution in [0.2, 0.25) is 5.02 Å². The van der Waals surface area contributed by atoms with E-state index in [-0.39, 0.29) is 45.7 Å². The Morgan fingerprint density at radius 2 is 1.85 bits per heavy atom. The molecule has 0 spiro atoms. The standard InChI is InChI=1S/C23H17ClFN5O3/c24-17-8-4-7-15(19(17)25)16-10-28-22(26)29-20(16)14-9-18(30(11-14)23(27)32)21(31)33-12-13-5-2-1-3-6-13/h1-11H,12H2,(H2,27,32)(H2,26,28,29). The highest BCUT2D eigenvalue weighted by atomic mass is 35.5. The number of esters is 1. The Hall–Kier alpha value is -4.24. The molecule has 8 nitrogen and oxygen atoms in total. The van der Waals surface area contributed by atoms with Gasteiger partial charge in [-0.3, -0.25) is 4.57 Å². The van der Waals surface area contributed by atoms with Gasteiger partial charge in [0.05, 0.1) is 10.7 Å². The van der Waals surface area contributed by atoms with Crippen LogP contribution in [0.25, 0.3) is 22.4 Å². The molecule has 0 fully saturated rings. The predicted octanol–water partition coefficient (Wildman–Crippen LogP) is 4.27. The number of primary amides is 1. The molecular formula is C23H17ClFN5O3. The van der Waals surface area contributed by atoms with E-state index < -0.39 is 17.8 Å². The number of hydrogen-bond acceptors (Lipinski definition) is 6. The molecule has 0 atom stereocenters. The molecule has 0 aliphatic carbocycles. The second-order valence-electron chi connectivity index (χ2n) is 6.98. The van der Waals surface area contributed by atoms with Crippen LogP contribution in [0.5, 0.6) is 0 Å². The molecule has 10 heteroatoms. The first kappa shape index (κ1) is 22.0. The summed E-state index contributed by atoms with van der Waals surface area (Å²) < 4.78 is 21.0. The number of anilines is 1. The van der Waals surface area contributed by atoms with Gasteiger partial charge in [-0.2, -0.15) is 0 Å². The van der Waals surface area contributed by atoms with Crippen molar-refractivity contribution in [1.82, 2.24) is 14.5 Å². The van der Waals surface area contributed by atoms with Crippen molar-refractivity contribution in [3.63, 3.8) is 0 Å². The van der Waals surface area contributed by atoms with Gasteiger partial charge in [-0.1, -0.05) is 54.1 Å². The minimum atomic E-state index is -0.912. The number of halogens is 2. The minimum absolute atomic E-state index is 0.00161. The molecule has 2 heterocycles. The first-order valence-corrected chi connectivity index (χ1v) is 10.0. The lowest BCUT2D eigenvalue weighted by Gasteiger charge is -2.09. The highest BCUT2D eigenvalue weighted by molar-refractivity contribution is 6.31. The molecule has 0 unspecified atom stereocenters. The Morgan fingerprint density at radius 3 is 2.58 bits per heavy atom. The molecule has 0 saturated carbocycles. The smallest absolute Gasteiger partial charge is 0.355 e. The van der Waals surface area contributed by atoms with Gasteiger partial charge in [-0.05, 0) is 17.7 Å². The Balaban J connectivity index is 1.76. The zero-order valence-corrected chi connectivity index (χ0v) is 17.8. The maximum Gasteiger partial charge on any atom is 0.355 e. The fraction of sp³-hybridized carbons (Fsp3) is 0.0435. The van der Waals surface area contributed by atoms with Crippen molar-refractivity contribution in [2.45, 2.75) is 6.61 Å². The zero-order valence-electron chi connectivity index (χ0n) is 17.0. The quantitative estimate of drug-likeness (QED) is 0.424. The largest absolute Gasteiger partial charge is 0.456 e. The summed E-state index contributed by atoms with van der Waals surface area (Å²) in [5, 5.41) is -0.0878. The van der Waals surface area contributed by atoms with Crippen molar-refractivity contribution >= 4 is 29.5 Å². The molecule has 2 aromatic heterocycles. The van der Waals surface area contributed by atoms with E-state index in [1.807, 2.05) is 18.2 Å². The van der Waals surface area contributed by atoms with Gasteiger partial charge < -0.3 is 16.2 Å². The molecule has 0 radical (unpaired) electrons. The minimum Gasteiger partial charge on any atom is -0.456 e. The SMILES string of the molecule is NC(=O)n1cc(-c2nc(N)ncc2-c2cccc(Cl)c2F)cc1C(=O)OCc1ccccc1. The van der Waals surface area contributed by atoms with Crippen molar-refractivity contribution in [2.75, 3.05) is 5.73 Å². The number of nitrogen functional groups attached to an aromatic ring is 1. The molecule has 33 heavy (non-hydrogen) atoms. The third-order valence-corrected chi connectivity index (χ3v) is 5.09. The number of hydrogen-bond donors (Lipinski definition) is 2. The Bertz CT molecular complexity index is 1360. The molecule has 0 saturated heterocycles. The van der Waals surface area contributed by atoms with Gasteiger partial charge in [0.2, 0.25) is 5.95 Å². The predicted molar refractivity (Wildman–Crippen MR) is 121 cm³/mol. The number of nitrogens with two attached hydrogens (primary N) is 2. The highest BCUT2D eigenvalue weighted by Gasteiger charge is 2.23. The Kier molecular flexibility index (Phi) is 6.05. The fourth-order valence-electron chi connectivity index (χ4n) is 3.25. The number of benzene rings is 2. The van der Waals surface area contributed by atoms with Gasteiger partial charge in [0.15, 0.2) is 0 Å². The number of carbonyl (C=O) groups is 2. The van der Waals surface area contributed by atoms with Gasteiger partial charge in [0.25, 0.3) is 0 Å². The van der Waals surface area contributed by atoms with Crippen LogP contribution >= 0.6 is 11.6 Å². The zero-order chi connectivity index (χ0) is 23.5. The van der Waals surface area contributed by atoms with Crippen molar-refractivity contribution in [3.8, 4) is 22.4 Å². The van der Waals surface area contributed by atoms with Gasteiger partial charge in [0, 0.05) is 29.1 Å². The molecule has 4 N–H and O–H groups in total. The van der Waals surface area contributed by atoms with Crippen molar-refractivity contribution in [2.24, 2.45) is 5.73 Å². The van der Waals surface area contributed by atoms with Crippen LogP contribution in [0.4, 0.5) is 15.1 Å². The lowest BCUT2D eigenvalue weighted by molar-refractivity contribution is 0.0462. The molecule has 4 aromatic rings. The summed E-state index contributed by atoms with van der Waals surface area (Å²) in [4.78, 5) is 32.9. The lowest BCUT2D eigenvalue weighted by Crippen LogP contribution is -2.23. The van der Waals surface area contributed by atoms with Crippen molar-refractivity contribution in [1.29, 1.82) is 0 Å². The Morgan fingerprint density at radius 1 is 1.09 bits per heavy atom. The van der Waals surface area contributed by atoms with Crippen molar-refractivity contribution < 1.29 is 18.7 Å². The summed E-state index contributed by atoms with van der Waals surface area (Å²) in [6.45, 7) is -0.00161. The topological polar surface area (TPSA) is 126 Å². The molecular weight excluding hydrogens is 449 g/mol. The van der Waals surface area contributed by atoms with Crippen LogP contribution in [0.3, 0.4) is 0 Å².